The largest absolute Gasteiger partial charge is 0.325 e. The third-order valence-corrected chi connectivity index (χ3v) is 5.34. The molecule has 4 rings (SSSR count). The van der Waals surface area contributed by atoms with E-state index in [2.05, 4.69) is 15.3 Å². The van der Waals surface area contributed by atoms with Crippen LogP contribution < -0.4 is 10.9 Å². The first-order valence-electron chi connectivity index (χ1n) is 7.92. The second kappa shape index (κ2) is 5.73. The number of thiazole rings is 1. The Balaban J connectivity index is 1.68. The van der Waals surface area contributed by atoms with Gasteiger partial charge >= 0.3 is 6.03 Å². The van der Waals surface area contributed by atoms with Gasteiger partial charge in [0.15, 0.2) is 10.5 Å². The average molecular weight is 369 g/mol. The van der Waals surface area contributed by atoms with Gasteiger partial charge in [0.25, 0.3) is 11.5 Å². The van der Waals surface area contributed by atoms with Crippen molar-refractivity contribution in [2.75, 3.05) is 0 Å². The van der Waals surface area contributed by atoms with Crippen molar-refractivity contribution < 1.29 is 9.59 Å². The number of fused-ring (bicyclic) bond motifs is 1. The lowest BCUT2D eigenvalue weighted by Crippen LogP contribution is -2.41. The number of pyridine rings is 1. The molecule has 3 amide bonds. The van der Waals surface area contributed by atoms with Crippen molar-refractivity contribution in [3.63, 3.8) is 0 Å². The quantitative estimate of drug-likeness (QED) is 0.705. The molecule has 1 unspecified atom stereocenters. The molecule has 132 valence electrons. The van der Waals surface area contributed by atoms with Crippen molar-refractivity contribution in [2.45, 2.75) is 25.9 Å². The number of hydrogen-bond donors (Lipinski definition) is 1. The van der Waals surface area contributed by atoms with E-state index < -0.39 is 17.5 Å². The second-order valence-corrected chi connectivity index (χ2v) is 7.08. The summed E-state index contributed by atoms with van der Waals surface area (Å²) in [6, 6.07) is 6.00. The van der Waals surface area contributed by atoms with Gasteiger partial charge < -0.3 is 5.32 Å². The van der Waals surface area contributed by atoms with Crippen LogP contribution in [0.2, 0.25) is 0 Å². The number of hydrogen-bond acceptors (Lipinski definition) is 6. The van der Waals surface area contributed by atoms with Crippen LogP contribution in [0, 0.1) is 6.92 Å². The summed E-state index contributed by atoms with van der Waals surface area (Å²) in [5.41, 5.74) is 0.149. The number of nitrogens with one attached hydrogen (secondary N) is 1. The number of aromatic nitrogens is 3. The molecule has 1 fully saturated rings. The Kier molecular flexibility index (Phi) is 3.62. The topological polar surface area (TPSA) is 96.7 Å². The molecule has 0 saturated carbocycles. The predicted molar refractivity (Wildman–Crippen MR) is 94.7 cm³/mol. The van der Waals surface area contributed by atoms with Gasteiger partial charge in [-0.1, -0.05) is 6.07 Å². The number of carbonyl (C=O) groups excluding carboxylic acids is 2. The highest BCUT2D eigenvalue weighted by Gasteiger charge is 2.50. The van der Waals surface area contributed by atoms with Gasteiger partial charge in [-0.3, -0.25) is 23.9 Å². The van der Waals surface area contributed by atoms with E-state index in [1.807, 2.05) is 12.3 Å². The first-order chi connectivity index (χ1) is 12.4. The standard InChI is InChI=1S/C17H15N5O3S/c1-10-9-26-16-19-11(7-13(23)22(10)16)8-21-14(24)17(2,20-15(21)25)12-5-3-4-6-18-12/h3-7,9H,8H2,1-2H3,(H,20,25). The lowest BCUT2D eigenvalue weighted by Gasteiger charge is -2.20. The highest BCUT2D eigenvalue weighted by Crippen LogP contribution is 2.28. The van der Waals surface area contributed by atoms with Gasteiger partial charge in [0, 0.05) is 23.3 Å². The maximum Gasteiger partial charge on any atom is 0.325 e. The van der Waals surface area contributed by atoms with E-state index in [0.29, 0.717) is 16.3 Å². The van der Waals surface area contributed by atoms with Crippen LogP contribution >= 0.6 is 11.3 Å². The Labute approximate surface area is 152 Å². The van der Waals surface area contributed by atoms with Crippen LogP contribution in [0.3, 0.4) is 0 Å². The van der Waals surface area contributed by atoms with Crippen LogP contribution in [0.25, 0.3) is 4.96 Å². The zero-order valence-electron chi connectivity index (χ0n) is 14.1. The number of carbonyl (C=O) groups is 2. The minimum atomic E-state index is -1.24. The molecule has 3 aromatic heterocycles. The number of imide groups is 1. The monoisotopic (exact) mass is 369 g/mol. The van der Waals surface area contributed by atoms with Gasteiger partial charge in [0.05, 0.1) is 17.9 Å². The van der Waals surface area contributed by atoms with Gasteiger partial charge in [-0.2, -0.15) is 0 Å². The Morgan fingerprint density at radius 1 is 1.27 bits per heavy atom. The molecule has 3 aromatic rings. The number of aryl methyl sites for hydroxylation is 1. The van der Waals surface area contributed by atoms with Gasteiger partial charge in [-0.05, 0) is 26.0 Å². The molecule has 1 aliphatic heterocycles. The molecule has 1 aliphatic rings. The molecule has 1 saturated heterocycles. The average Bonchev–Trinajstić information content (AvgIpc) is 3.10. The molecule has 8 nitrogen and oxygen atoms in total. The highest BCUT2D eigenvalue weighted by molar-refractivity contribution is 7.15. The highest BCUT2D eigenvalue weighted by atomic mass is 32.1. The summed E-state index contributed by atoms with van der Waals surface area (Å²) in [5.74, 6) is -0.425. The number of urea groups is 1. The summed E-state index contributed by atoms with van der Waals surface area (Å²) < 4.78 is 1.50. The normalized spacial score (nSPS) is 20.0. The molecule has 1 atom stereocenters. The third kappa shape index (κ3) is 2.39. The fraction of sp³-hybridized carbons (Fsp3) is 0.235. The molecule has 4 heterocycles. The van der Waals surface area contributed by atoms with Crippen molar-refractivity contribution in [3.8, 4) is 0 Å². The smallest absolute Gasteiger partial charge is 0.318 e. The van der Waals surface area contributed by atoms with E-state index in [0.717, 1.165) is 10.6 Å². The van der Waals surface area contributed by atoms with Crippen LogP contribution in [-0.4, -0.2) is 31.2 Å². The third-order valence-electron chi connectivity index (χ3n) is 4.40. The summed E-state index contributed by atoms with van der Waals surface area (Å²) in [6.07, 6.45) is 1.57. The lowest BCUT2D eigenvalue weighted by molar-refractivity contribution is -0.131. The molecule has 0 spiro atoms. The number of amides is 3. The molecular formula is C17H15N5O3S. The van der Waals surface area contributed by atoms with Crippen molar-refractivity contribution >= 4 is 28.2 Å². The van der Waals surface area contributed by atoms with E-state index in [-0.39, 0.29) is 12.1 Å². The molecular weight excluding hydrogens is 354 g/mol. The Morgan fingerprint density at radius 2 is 2.08 bits per heavy atom. The zero-order chi connectivity index (χ0) is 18.5. The maximum absolute atomic E-state index is 12.9. The molecule has 0 aromatic carbocycles. The van der Waals surface area contributed by atoms with Gasteiger partial charge in [-0.15, -0.1) is 11.3 Å². The summed E-state index contributed by atoms with van der Waals surface area (Å²) >= 11 is 1.34. The molecule has 1 N–H and O–H groups in total. The van der Waals surface area contributed by atoms with E-state index in [4.69, 9.17) is 0 Å². The Bertz CT molecular complexity index is 1090. The fourth-order valence-electron chi connectivity index (χ4n) is 3.02. The van der Waals surface area contributed by atoms with Crippen molar-refractivity contribution in [1.29, 1.82) is 0 Å². The van der Waals surface area contributed by atoms with Crippen LogP contribution in [-0.2, 0) is 16.9 Å². The SMILES string of the molecule is Cc1csc2nc(CN3C(=O)NC(C)(c4ccccn4)C3=O)cc(=O)n12. The summed E-state index contributed by atoms with van der Waals surface area (Å²) in [6.45, 7) is 3.36. The van der Waals surface area contributed by atoms with Crippen molar-refractivity contribution in [2.24, 2.45) is 0 Å². The summed E-state index contributed by atoms with van der Waals surface area (Å²) in [5, 5.41) is 4.52. The van der Waals surface area contributed by atoms with Crippen LogP contribution in [0.4, 0.5) is 4.79 Å². The first kappa shape index (κ1) is 16.4. The summed E-state index contributed by atoms with van der Waals surface area (Å²) in [4.78, 5) is 47.7. The number of rotatable bonds is 3. The zero-order valence-corrected chi connectivity index (χ0v) is 14.9. The van der Waals surface area contributed by atoms with E-state index in [1.165, 1.54) is 21.8 Å². The van der Waals surface area contributed by atoms with E-state index in [1.54, 1.807) is 31.3 Å². The minimum Gasteiger partial charge on any atom is -0.318 e. The molecule has 0 bridgehead atoms. The second-order valence-electron chi connectivity index (χ2n) is 6.24. The minimum absolute atomic E-state index is 0.0736. The molecule has 26 heavy (non-hydrogen) atoms. The van der Waals surface area contributed by atoms with Gasteiger partial charge in [0.1, 0.15) is 0 Å². The summed E-state index contributed by atoms with van der Waals surface area (Å²) in [7, 11) is 0. The van der Waals surface area contributed by atoms with Crippen molar-refractivity contribution in [1.82, 2.24) is 24.6 Å². The fourth-order valence-corrected chi connectivity index (χ4v) is 3.91. The molecule has 0 aliphatic carbocycles. The van der Waals surface area contributed by atoms with Crippen molar-refractivity contribution in [3.05, 3.63) is 63.3 Å². The maximum atomic E-state index is 12.9. The van der Waals surface area contributed by atoms with Gasteiger partial charge in [-0.25, -0.2) is 9.78 Å². The molecule has 9 heteroatoms. The van der Waals surface area contributed by atoms with Crippen LogP contribution in [0.5, 0.6) is 0 Å². The Morgan fingerprint density at radius 3 is 2.81 bits per heavy atom. The lowest BCUT2D eigenvalue weighted by atomic mass is 9.97. The first-order valence-corrected chi connectivity index (χ1v) is 8.80. The number of nitrogens with zero attached hydrogens (tertiary/aromatic N) is 4. The van der Waals surface area contributed by atoms with E-state index >= 15 is 0 Å². The van der Waals surface area contributed by atoms with Crippen LogP contribution in [0.15, 0.2) is 40.6 Å². The predicted octanol–water partition coefficient (Wildman–Crippen LogP) is 1.43. The van der Waals surface area contributed by atoms with Crippen LogP contribution in [0.1, 0.15) is 24.0 Å². The Hall–Kier alpha value is -3.07. The molecule has 0 radical (unpaired) electrons. The van der Waals surface area contributed by atoms with E-state index in [9.17, 15) is 14.4 Å². The van der Waals surface area contributed by atoms with Gasteiger partial charge in [0.2, 0.25) is 0 Å².